The fraction of sp³-hybridized carbons (Fsp3) is 0.667. The molecule has 102 valence electrons. The van der Waals surface area contributed by atoms with Crippen LogP contribution >= 0.6 is 23.1 Å². The Balaban J connectivity index is 0.000000184. The minimum absolute atomic E-state index is 0.0417. The van der Waals surface area contributed by atoms with Gasteiger partial charge in [0, 0.05) is 32.1 Å². The van der Waals surface area contributed by atoms with Crippen molar-refractivity contribution in [2.75, 3.05) is 6.54 Å². The van der Waals surface area contributed by atoms with Crippen LogP contribution in [0.3, 0.4) is 0 Å². The second kappa shape index (κ2) is 6.95. The first-order chi connectivity index (χ1) is 8.45. The van der Waals surface area contributed by atoms with E-state index >= 15 is 0 Å². The van der Waals surface area contributed by atoms with E-state index in [1.165, 1.54) is 21.6 Å². The Morgan fingerprint density at radius 2 is 2.17 bits per heavy atom. The van der Waals surface area contributed by atoms with Gasteiger partial charge < -0.3 is 4.90 Å². The molecule has 0 radical (unpaired) electrons. The summed E-state index contributed by atoms with van der Waals surface area (Å²) in [6.45, 7) is 5.22. The van der Waals surface area contributed by atoms with E-state index in [1.807, 2.05) is 4.90 Å². The van der Waals surface area contributed by atoms with Crippen LogP contribution in [-0.4, -0.2) is 27.4 Å². The third kappa shape index (κ3) is 4.14. The molecule has 2 rings (SSSR count). The third-order valence-corrected chi connectivity index (χ3v) is 4.07. The number of rotatable bonds is 2. The molecule has 1 saturated heterocycles. The first-order valence-corrected chi connectivity index (χ1v) is 7.23. The number of carbonyl (C=O) groups excluding carboxylic acids is 1. The standard InChI is InChI=1S/C8H15NO.C4H4ClNOS/c1-3-7(2)9-6-4-5-8(9)10;1-6-4(7)2-3(5)8-6/h7H,3-6H2,1-2H3;2H,1H3. The van der Waals surface area contributed by atoms with Gasteiger partial charge in [-0.05, 0) is 31.3 Å². The summed E-state index contributed by atoms with van der Waals surface area (Å²) in [7, 11) is 1.68. The van der Waals surface area contributed by atoms with Crippen molar-refractivity contribution in [1.29, 1.82) is 0 Å². The minimum atomic E-state index is -0.0417. The summed E-state index contributed by atoms with van der Waals surface area (Å²) in [4.78, 5) is 23.6. The average molecular weight is 291 g/mol. The van der Waals surface area contributed by atoms with Crippen molar-refractivity contribution in [3.05, 3.63) is 20.8 Å². The van der Waals surface area contributed by atoms with E-state index in [9.17, 15) is 9.59 Å². The maximum atomic E-state index is 11.1. The fourth-order valence-corrected chi connectivity index (χ4v) is 2.71. The van der Waals surface area contributed by atoms with Crippen LogP contribution < -0.4 is 5.56 Å². The monoisotopic (exact) mass is 290 g/mol. The molecule has 0 aliphatic carbocycles. The lowest BCUT2D eigenvalue weighted by atomic mass is 10.2. The minimum Gasteiger partial charge on any atom is -0.340 e. The van der Waals surface area contributed by atoms with Gasteiger partial charge >= 0.3 is 0 Å². The van der Waals surface area contributed by atoms with Crippen molar-refractivity contribution in [2.24, 2.45) is 7.05 Å². The van der Waals surface area contributed by atoms with Crippen molar-refractivity contribution in [2.45, 2.75) is 39.2 Å². The van der Waals surface area contributed by atoms with Crippen LogP contribution in [0, 0.1) is 0 Å². The summed E-state index contributed by atoms with van der Waals surface area (Å²) >= 11 is 6.70. The van der Waals surface area contributed by atoms with E-state index in [2.05, 4.69) is 13.8 Å². The number of aryl methyl sites for hydroxylation is 1. The molecule has 0 bridgehead atoms. The normalized spacial score (nSPS) is 16.4. The molecule has 1 aliphatic heterocycles. The van der Waals surface area contributed by atoms with Crippen molar-refractivity contribution in [1.82, 2.24) is 8.86 Å². The third-order valence-electron chi connectivity index (χ3n) is 3.00. The van der Waals surface area contributed by atoms with Gasteiger partial charge in [0.2, 0.25) is 5.91 Å². The summed E-state index contributed by atoms with van der Waals surface area (Å²) in [5, 5.41) is 0. The van der Waals surface area contributed by atoms with Crippen molar-refractivity contribution in [3.63, 3.8) is 0 Å². The Morgan fingerprint density at radius 3 is 2.44 bits per heavy atom. The smallest absolute Gasteiger partial charge is 0.261 e. The predicted molar refractivity (Wildman–Crippen MR) is 75.3 cm³/mol. The molecule has 6 heteroatoms. The second-order valence-electron chi connectivity index (χ2n) is 4.32. The maximum absolute atomic E-state index is 11.1. The molecular formula is C12H19ClN2O2S. The largest absolute Gasteiger partial charge is 0.340 e. The van der Waals surface area contributed by atoms with Crippen molar-refractivity contribution < 1.29 is 4.79 Å². The second-order valence-corrected chi connectivity index (χ2v) is 6.12. The van der Waals surface area contributed by atoms with Crippen LogP contribution in [0.2, 0.25) is 4.34 Å². The molecule has 0 saturated carbocycles. The summed E-state index contributed by atoms with van der Waals surface area (Å²) in [6.07, 6.45) is 2.90. The van der Waals surface area contributed by atoms with E-state index in [1.54, 1.807) is 7.05 Å². The highest BCUT2D eigenvalue weighted by Crippen LogP contribution is 2.14. The number of likely N-dealkylation sites (tertiary alicyclic amines) is 1. The van der Waals surface area contributed by atoms with Gasteiger partial charge in [-0.2, -0.15) is 0 Å². The summed E-state index contributed by atoms with van der Waals surface area (Å²) in [6, 6.07) is 1.85. The highest BCUT2D eigenvalue weighted by molar-refractivity contribution is 7.11. The molecule has 1 atom stereocenters. The van der Waals surface area contributed by atoms with Gasteiger partial charge in [0.15, 0.2) is 0 Å². The number of amides is 1. The van der Waals surface area contributed by atoms with Crippen molar-refractivity contribution >= 4 is 29.0 Å². The molecule has 1 aromatic rings. The molecule has 0 spiro atoms. The van der Waals surface area contributed by atoms with Gasteiger partial charge in [-0.15, -0.1) is 0 Å². The van der Waals surface area contributed by atoms with Gasteiger partial charge in [0.25, 0.3) is 5.56 Å². The first kappa shape index (κ1) is 15.2. The number of carbonyl (C=O) groups is 1. The quantitative estimate of drug-likeness (QED) is 0.840. The summed E-state index contributed by atoms with van der Waals surface area (Å²) in [5.41, 5.74) is -0.0417. The van der Waals surface area contributed by atoms with Crippen LogP contribution in [0.15, 0.2) is 10.9 Å². The molecule has 4 nitrogen and oxygen atoms in total. The predicted octanol–water partition coefficient (Wildman–Crippen LogP) is 2.51. The molecule has 0 N–H and O–H groups in total. The number of nitrogens with zero attached hydrogens (tertiary/aromatic N) is 2. The van der Waals surface area contributed by atoms with E-state index in [0.29, 0.717) is 16.3 Å². The van der Waals surface area contributed by atoms with Gasteiger partial charge in [-0.3, -0.25) is 13.5 Å². The lowest BCUT2D eigenvalue weighted by Gasteiger charge is -2.22. The Kier molecular flexibility index (Phi) is 5.88. The molecule has 2 heterocycles. The number of hydrogen-bond donors (Lipinski definition) is 0. The summed E-state index contributed by atoms with van der Waals surface area (Å²) in [5.74, 6) is 0.342. The number of aromatic nitrogens is 1. The Morgan fingerprint density at radius 1 is 1.50 bits per heavy atom. The highest BCUT2D eigenvalue weighted by Gasteiger charge is 2.23. The first-order valence-electron chi connectivity index (χ1n) is 6.08. The van der Waals surface area contributed by atoms with E-state index in [4.69, 9.17) is 11.6 Å². The Hall–Kier alpha value is -0.810. The molecule has 1 aliphatic rings. The maximum Gasteiger partial charge on any atom is 0.261 e. The average Bonchev–Trinajstić information content (AvgIpc) is 2.86. The fourth-order valence-electron chi connectivity index (χ4n) is 1.75. The van der Waals surface area contributed by atoms with Crippen LogP contribution in [0.4, 0.5) is 0 Å². The van der Waals surface area contributed by atoms with Crippen molar-refractivity contribution in [3.8, 4) is 0 Å². The molecular weight excluding hydrogens is 272 g/mol. The van der Waals surface area contributed by atoms with Crippen LogP contribution in [0.5, 0.6) is 0 Å². The van der Waals surface area contributed by atoms with Gasteiger partial charge in [0.05, 0.1) is 0 Å². The van der Waals surface area contributed by atoms with E-state index in [-0.39, 0.29) is 5.56 Å². The van der Waals surface area contributed by atoms with Crippen LogP contribution in [0.25, 0.3) is 0 Å². The SMILES string of the molecule is CCC(C)N1CCCC1=O.Cn1sc(Cl)cc1=O. The topological polar surface area (TPSA) is 42.3 Å². The van der Waals surface area contributed by atoms with Crippen LogP contribution in [0.1, 0.15) is 33.1 Å². The van der Waals surface area contributed by atoms with E-state index in [0.717, 1.165) is 25.8 Å². The lowest BCUT2D eigenvalue weighted by molar-refractivity contribution is -0.129. The zero-order valence-corrected chi connectivity index (χ0v) is 12.6. The summed E-state index contributed by atoms with van der Waals surface area (Å²) < 4.78 is 2.01. The molecule has 1 unspecified atom stereocenters. The van der Waals surface area contributed by atoms with Gasteiger partial charge in [-0.1, -0.05) is 18.5 Å². The molecule has 1 aromatic heterocycles. The van der Waals surface area contributed by atoms with Gasteiger partial charge in [-0.25, -0.2) is 0 Å². The lowest BCUT2D eigenvalue weighted by Crippen LogP contribution is -2.33. The highest BCUT2D eigenvalue weighted by atomic mass is 35.5. The van der Waals surface area contributed by atoms with Crippen LogP contribution in [-0.2, 0) is 11.8 Å². The number of halogens is 1. The Labute approximate surface area is 116 Å². The molecule has 1 amide bonds. The molecule has 18 heavy (non-hydrogen) atoms. The zero-order valence-electron chi connectivity index (χ0n) is 11.0. The zero-order chi connectivity index (χ0) is 13.7. The van der Waals surface area contributed by atoms with E-state index < -0.39 is 0 Å². The molecule has 0 aromatic carbocycles. The molecule has 1 fully saturated rings. The Bertz CT molecular complexity index is 455. The number of hydrogen-bond acceptors (Lipinski definition) is 3. The van der Waals surface area contributed by atoms with Gasteiger partial charge in [0.1, 0.15) is 4.34 Å².